The molecule has 0 bridgehead atoms. The lowest BCUT2D eigenvalue weighted by Gasteiger charge is -2.32. The van der Waals surface area contributed by atoms with Gasteiger partial charge in [0, 0.05) is 36.3 Å². The number of anilines is 1. The minimum absolute atomic E-state index is 0.0663. The van der Waals surface area contributed by atoms with Gasteiger partial charge in [0.1, 0.15) is 11.6 Å². The third kappa shape index (κ3) is 5.18. The van der Waals surface area contributed by atoms with E-state index in [1.807, 2.05) is 13.0 Å². The van der Waals surface area contributed by atoms with Crippen LogP contribution in [0.3, 0.4) is 0 Å². The zero-order chi connectivity index (χ0) is 22.9. The van der Waals surface area contributed by atoms with Crippen LogP contribution in [0.25, 0.3) is 11.1 Å². The lowest BCUT2D eigenvalue weighted by Crippen LogP contribution is -2.31. The minimum Gasteiger partial charge on any atom is -0.390 e. The van der Waals surface area contributed by atoms with Crippen molar-refractivity contribution in [2.75, 3.05) is 12.3 Å². The number of pyridine rings is 1. The molecular weight excluding hydrogens is 405 g/mol. The maximum absolute atomic E-state index is 15.0. The van der Waals surface area contributed by atoms with Crippen molar-refractivity contribution in [3.8, 4) is 11.1 Å². The number of nitrogens with two attached hydrogens (primary N) is 1. The van der Waals surface area contributed by atoms with Crippen molar-refractivity contribution in [2.24, 2.45) is 5.92 Å². The van der Waals surface area contributed by atoms with Gasteiger partial charge in [0.05, 0.1) is 11.2 Å². The Balaban J connectivity index is 1.49. The molecule has 1 aromatic heterocycles. The van der Waals surface area contributed by atoms with Gasteiger partial charge in [-0.25, -0.2) is 9.37 Å². The van der Waals surface area contributed by atoms with Crippen molar-refractivity contribution in [1.82, 2.24) is 9.88 Å². The van der Waals surface area contributed by atoms with Crippen LogP contribution in [0.4, 0.5) is 10.2 Å². The van der Waals surface area contributed by atoms with Crippen LogP contribution < -0.4 is 5.73 Å². The van der Waals surface area contributed by atoms with Gasteiger partial charge in [0.2, 0.25) is 0 Å². The van der Waals surface area contributed by atoms with Crippen LogP contribution in [0.1, 0.15) is 74.7 Å². The summed E-state index contributed by atoms with van der Waals surface area (Å²) in [4.78, 5) is 19.5. The fraction of sp³-hybridized carbons (Fsp3) is 0.538. The molecule has 0 spiro atoms. The van der Waals surface area contributed by atoms with Gasteiger partial charge >= 0.3 is 0 Å². The fourth-order valence-corrected chi connectivity index (χ4v) is 5.07. The Bertz CT molecular complexity index is 981. The molecule has 0 unspecified atom stereocenters. The number of aliphatic hydroxyl groups is 1. The molecule has 0 radical (unpaired) electrons. The van der Waals surface area contributed by atoms with E-state index in [0.29, 0.717) is 42.0 Å². The first-order valence-corrected chi connectivity index (χ1v) is 11.8. The predicted molar refractivity (Wildman–Crippen MR) is 125 cm³/mol. The average molecular weight is 440 g/mol. The van der Waals surface area contributed by atoms with Crippen molar-refractivity contribution < 1.29 is 14.3 Å². The van der Waals surface area contributed by atoms with E-state index >= 15 is 0 Å². The molecule has 2 heterocycles. The highest BCUT2D eigenvalue weighted by Gasteiger charge is 2.30. The number of carbonyl (C=O) groups excluding carboxylic acids is 1. The highest BCUT2D eigenvalue weighted by atomic mass is 19.1. The number of hydrogen-bond donors (Lipinski definition) is 2. The summed E-state index contributed by atoms with van der Waals surface area (Å²) in [5.41, 5.74) is 7.68. The number of aromatic nitrogens is 1. The van der Waals surface area contributed by atoms with Crippen molar-refractivity contribution in [2.45, 2.75) is 77.0 Å². The smallest absolute Gasteiger partial charge is 0.166 e. The molecule has 2 fully saturated rings. The van der Waals surface area contributed by atoms with E-state index in [1.165, 1.54) is 19.0 Å². The van der Waals surface area contributed by atoms with E-state index in [2.05, 4.69) is 16.8 Å². The summed E-state index contributed by atoms with van der Waals surface area (Å²) in [6, 6.07) is 7.52. The maximum Gasteiger partial charge on any atom is 0.166 e. The normalized spacial score (nSPS) is 26.4. The second-order valence-corrected chi connectivity index (χ2v) is 10.0. The predicted octanol–water partition coefficient (Wildman–Crippen LogP) is 4.97. The number of nitrogens with zero attached hydrogens (tertiary/aromatic N) is 2. The average Bonchev–Trinajstić information content (AvgIpc) is 3.14. The highest BCUT2D eigenvalue weighted by molar-refractivity contribution is 6.01. The van der Waals surface area contributed by atoms with E-state index in [1.54, 1.807) is 18.2 Å². The molecule has 1 aliphatic heterocycles. The zero-order valence-corrected chi connectivity index (χ0v) is 19.1. The molecule has 32 heavy (non-hydrogen) atoms. The number of halogens is 1. The van der Waals surface area contributed by atoms with Crippen molar-refractivity contribution in [3.05, 3.63) is 47.4 Å². The number of ketones is 1. The van der Waals surface area contributed by atoms with Crippen LogP contribution in [0.15, 0.2) is 30.5 Å². The third-order valence-electron chi connectivity index (χ3n) is 7.30. The molecule has 1 aromatic carbocycles. The number of benzene rings is 1. The van der Waals surface area contributed by atoms with Gasteiger partial charge < -0.3 is 10.8 Å². The lowest BCUT2D eigenvalue weighted by atomic mass is 9.77. The molecule has 0 amide bonds. The van der Waals surface area contributed by atoms with Crippen molar-refractivity contribution in [1.29, 1.82) is 0 Å². The monoisotopic (exact) mass is 439 g/mol. The third-order valence-corrected chi connectivity index (χ3v) is 7.30. The van der Waals surface area contributed by atoms with Crippen molar-refractivity contribution in [3.63, 3.8) is 0 Å². The topological polar surface area (TPSA) is 79.5 Å². The molecule has 2 aliphatic rings. The molecule has 172 valence electrons. The summed E-state index contributed by atoms with van der Waals surface area (Å²) in [7, 11) is 0. The summed E-state index contributed by atoms with van der Waals surface area (Å²) < 4.78 is 15.0. The van der Waals surface area contributed by atoms with E-state index in [0.717, 1.165) is 31.5 Å². The second-order valence-electron chi connectivity index (χ2n) is 10.0. The van der Waals surface area contributed by atoms with Gasteiger partial charge in [-0.15, -0.1) is 0 Å². The molecule has 1 atom stereocenters. The SMILES string of the molecule is C[C@@H]1CCCN1Cc1ccc(-c2cnc(N)c(C(=O)CC3CCC(C)(O)CC3)c2)c(F)c1. The first kappa shape index (κ1) is 22.9. The Kier molecular flexibility index (Phi) is 6.63. The Labute approximate surface area is 189 Å². The van der Waals surface area contributed by atoms with E-state index < -0.39 is 5.60 Å². The molecule has 1 aliphatic carbocycles. The number of likely N-dealkylation sites (tertiary alicyclic amines) is 1. The van der Waals surface area contributed by atoms with Crippen LogP contribution in [0.5, 0.6) is 0 Å². The standard InChI is InChI=1S/C26H34FN3O2/c1-17-4-3-11-30(17)16-19-5-6-21(23(27)12-19)20-14-22(25(28)29-15-20)24(31)13-18-7-9-26(2,32)10-8-18/h5-6,12,14-15,17-18,32H,3-4,7-11,13,16H2,1-2H3,(H2,28,29)/t17-,18?,26?/m1/s1. The van der Waals surface area contributed by atoms with Gasteiger partial charge in [0.25, 0.3) is 0 Å². The zero-order valence-electron chi connectivity index (χ0n) is 19.1. The van der Waals surface area contributed by atoms with Crippen LogP contribution in [0.2, 0.25) is 0 Å². The summed E-state index contributed by atoms with van der Waals surface area (Å²) in [6.45, 7) is 5.86. The van der Waals surface area contributed by atoms with Crippen LogP contribution in [-0.4, -0.2) is 39.0 Å². The minimum atomic E-state index is -0.628. The summed E-state index contributed by atoms with van der Waals surface area (Å²) >= 11 is 0. The quantitative estimate of drug-likeness (QED) is 0.622. The largest absolute Gasteiger partial charge is 0.390 e. The number of rotatable bonds is 6. The van der Waals surface area contributed by atoms with Gasteiger partial charge in [-0.3, -0.25) is 9.69 Å². The van der Waals surface area contributed by atoms with E-state index in [-0.39, 0.29) is 23.3 Å². The molecular formula is C26H34FN3O2. The van der Waals surface area contributed by atoms with Crippen LogP contribution in [0, 0.1) is 11.7 Å². The van der Waals surface area contributed by atoms with E-state index in [4.69, 9.17) is 5.73 Å². The molecule has 6 heteroatoms. The summed E-state index contributed by atoms with van der Waals surface area (Å²) in [6.07, 6.45) is 7.32. The number of hydrogen-bond acceptors (Lipinski definition) is 5. The van der Waals surface area contributed by atoms with Crippen LogP contribution in [-0.2, 0) is 6.54 Å². The van der Waals surface area contributed by atoms with Gasteiger partial charge in [-0.05, 0) is 82.5 Å². The molecule has 1 saturated heterocycles. The number of Topliss-reactive ketones (excluding diaryl/α,β-unsaturated/α-hetero) is 1. The van der Waals surface area contributed by atoms with Crippen molar-refractivity contribution >= 4 is 11.6 Å². The Hall–Kier alpha value is -2.31. The van der Waals surface area contributed by atoms with E-state index in [9.17, 15) is 14.3 Å². The molecule has 4 rings (SSSR count). The first-order chi connectivity index (χ1) is 15.2. The van der Waals surface area contributed by atoms with Gasteiger partial charge in [-0.2, -0.15) is 0 Å². The number of carbonyl (C=O) groups is 1. The second kappa shape index (κ2) is 9.28. The van der Waals surface area contributed by atoms with Crippen LogP contribution >= 0.6 is 0 Å². The molecule has 1 saturated carbocycles. The molecule has 3 N–H and O–H groups in total. The number of nitrogen functional groups attached to an aromatic ring is 1. The Morgan fingerprint density at radius 3 is 2.69 bits per heavy atom. The Morgan fingerprint density at radius 1 is 1.28 bits per heavy atom. The lowest BCUT2D eigenvalue weighted by molar-refractivity contribution is 0.00722. The fourth-order valence-electron chi connectivity index (χ4n) is 5.07. The van der Waals surface area contributed by atoms with Gasteiger partial charge in [-0.1, -0.05) is 12.1 Å². The summed E-state index contributed by atoms with van der Waals surface area (Å²) in [5, 5.41) is 10.1. The Morgan fingerprint density at radius 2 is 2.03 bits per heavy atom. The maximum atomic E-state index is 15.0. The molecule has 2 aromatic rings. The van der Waals surface area contributed by atoms with Gasteiger partial charge in [0.15, 0.2) is 5.78 Å². The summed E-state index contributed by atoms with van der Waals surface area (Å²) in [5.74, 6) is 0.0358. The first-order valence-electron chi connectivity index (χ1n) is 11.8. The highest BCUT2D eigenvalue weighted by Crippen LogP contribution is 2.35. The molecule has 5 nitrogen and oxygen atoms in total.